The molecule has 8 nitrogen and oxygen atoms in total. The molecular formula is C28H45N3O5. The third-order valence-corrected chi connectivity index (χ3v) is 7.36. The number of hydrogen-bond donors (Lipinski definition) is 2. The molecule has 3 rings (SSSR count). The monoisotopic (exact) mass is 503 g/mol. The van der Waals surface area contributed by atoms with E-state index in [1.165, 1.54) is 0 Å². The van der Waals surface area contributed by atoms with Gasteiger partial charge >= 0.3 is 0 Å². The van der Waals surface area contributed by atoms with E-state index in [2.05, 4.69) is 24.5 Å². The lowest BCUT2D eigenvalue weighted by Crippen LogP contribution is -2.43. The summed E-state index contributed by atoms with van der Waals surface area (Å²) in [6, 6.07) is 5.76. The smallest absolute Gasteiger partial charge is 0.254 e. The lowest BCUT2D eigenvalue weighted by atomic mass is 9.93. The van der Waals surface area contributed by atoms with Gasteiger partial charge in [-0.2, -0.15) is 0 Å². The summed E-state index contributed by atoms with van der Waals surface area (Å²) in [6.45, 7) is 11.8. The molecule has 0 unspecified atom stereocenters. The molecule has 2 fully saturated rings. The van der Waals surface area contributed by atoms with Crippen LogP contribution < -0.4 is 15.4 Å². The van der Waals surface area contributed by atoms with Gasteiger partial charge in [0.1, 0.15) is 5.75 Å². The van der Waals surface area contributed by atoms with Gasteiger partial charge in [0.05, 0.1) is 6.61 Å². The zero-order chi connectivity index (χ0) is 25.9. The Morgan fingerprint density at radius 3 is 2.64 bits per heavy atom. The molecule has 2 saturated heterocycles. The Morgan fingerprint density at radius 1 is 1.17 bits per heavy atom. The van der Waals surface area contributed by atoms with E-state index < -0.39 is 0 Å². The predicted molar refractivity (Wildman–Crippen MR) is 140 cm³/mol. The van der Waals surface area contributed by atoms with Crippen molar-refractivity contribution in [3.63, 3.8) is 0 Å². The highest BCUT2D eigenvalue weighted by atomic mass is 16.5. The minimum atomic E-state index is 0.0148. The number of hydrogen-bond acceptors (Lipinski definition) is 6. The van der Waals surface area contributed by atoms with Gasteiger partial charge in [-0.15, -0.1) is 0 Å². The summed E-state index contributed by atoms with van der Waals surface area (Å²) in [5.74, 6) is 1.90. The van der Waals surface area contributed by atoms with Crippen molar-refractivity contribution in [1.29, 1.82) is 0 Å². The van der Waals surface area contributed by atoms with Crippen molar-refractivity contribution >= 4 is 11.8 Å². The van der Waals surface area contributed by atoms with Crippen LogP contribution in [-0.2, 0) is 14.3 Å². The normalized spacial score (nSPS) is 20.5. The second-order valence-electron chi connectivity index (χ2n) is 10.5. The van der Waals surface area contributed by atoms with Crippen molar-refractivity contribution in [2.45, 2.75) is 52.5 Å². The fraction of sp³-hybridized carbons (Fsp3) is 0.714. The summed E-state index contributed by atoms with van der Waals surface area (Å²) in [5, 5.41) is 6.62. The van der Waals surface area contributed by atoms with Crippen molar-refractivity contribution in [2.24, 2.45) is 17.8 Å². The molecule has 2 amide bonds. The molecule has 1 aromatic carbocycles. The molecule has 36 heavy (non-hydrogen) atoms. The van der Waals surface area contributed by atoms with Crippen LogP contribution >= 0.6 is 0 Å². The zero-order valence-electron chi connectivity index (χ0n) is 22.5. The van der Waals surface area contributed by atoms with Gasteiger partial charge in [-0.05, 0) is 69.1 Å². The third-order valence-electron chi connectivity index (χ3n) is 7.36. The van der Waals surface area contributed by atoms with Gasteiger partial charge in [-0.3, -0.25) is 9.59 Å². The standard InChI is InChI=1S/C28H45N3O5/c1-20(2)31(28(33)23-7-6-21(3)26(15-23)36-11-5-10-34-4)19-25-17-29-16-24(25)18-30-27(32)14-22-8-12-35-13-9-22/h6-7,15,20,22,24-25,29H,5,8-14,16-19H2,1-4H3,(H,30,32)/t24-,25-/m0/s1. The van der Waals surface area contributed by atoms with E-state index in [9.17, 15) is 9.59 Å². The Balaban J connectivity index is 1.57. The van der Waals surface area contributed by atoms with E-state index in [0.717, 1.165) is 56.9 Å². The van der Waals surface area contributed by atoms with E-state index in [1.54, 1.807) is 7.11 Å². The number of aryl methyl sites for hydroxylation is 1. The second-order valence-corrected chi connectivity index (χ2v) is 10.5. The maximum absolute atomic E-state index is 13.6. The van der Waals surface area contributed by atoms with Gasteiger partial charge in [0.25, 0.3) is 5.91 Å². The van der Waals surface area contributed by atoms with Crippen LogP contribution in [-0.4, -0.2) is 82.5 Å². The van der Waals surface area contributed by atoms with Crippen LogP contribution in [0, 0.1) is 24.7 Å². The maximum Gasteiger partial charge on any atom is 0.254 e. The van der Waals surface area contributed by atoms with Crippen molar-refractivity contribution in [3.8, 4) is 5.75 Å². The van der Waals surface area contributed by atoms with Crippen molar-refractivity contribution < 1.29 is 23.8 Å². The second kappa shape index (κ2) is 14.5. The number of nitrogens with zero attached hydrogens (tertiary/aromatic N) is 1. The van der Waals surface area contributed by atoms with E-state index in [-0.39, 0.29) is 23.8 Å². The number of nitrogens with one attached hydrogen (secondary N) is 2. The van der Waals surface area contributed by atoms with Crippen LogP contribution in [0.25, 0.3) is 0 Å². The molecule has 1 aromatic rings. The number of ether oxygens (including phenoxy) is 3. The van der Waals surface area contributed by atoms with Gasteiger partial charge in [-0.1, -0.05) is 6.07 Å². The number of methoxy groups -OCH3 is 1. The molecule has 0 aromatic heterocycles. The molecule has 8 heteroatoms. The van der Waals surface area contributed by atoms with Crippen LogP contribution in [0.4, 0.5) is 0 Å². The Bertz CT molecular complexity index is 840. The van der Waals surface area contributed by atoms with Crippen LogP contribution in [0.15, 0.2) is 18.2 Å². The van der Waals surface area contributed by atoms with Crippen LogP contribution in [0.5, 0.6) is 5.75 Å². The number of carbonyl (C=O) groups excluding carboxylic acids is 2. The van der Waals surface area contributed by atoms with Crippen LogP contribution in [0.3, 0.4) is 0 Å². The highest BCUT2D eigenvalue weighted by Crippen LogP contribution is 2.24. The number of benzene rings is 1. The van der Waals surface area contributed by atoms with Crippen molar-refractivity contribution in [2.75, 3.05) is 59.7 Å². The molecule has 202 valence electrons. The van der Waals surface area contributed by atoms with Gasteiger partial charge < -0.3 is 29.7 Å². The van der Waals surface area contributed by atoms with Crippen molar-refractivity contribution in [3.05, 3.63) is 29.3 Å². The first-order chi connectivity index (χ1) is 17.4. The fourth-order valence-electron chi connectivity index (χ4n) is 4.99. The average molecular weight is 504 g/mol. The average Bonchev–Trinajstić information content (AvgIpc) is 3.32. The molecule has 0 radical (unpaired) electrons. The maximum atomic E-state index is 13.6. The number of carbonyl (C=O) groups is 2. The summed E-state index contributed by atoms with van der Waals surface area (Å²) in [4.78, 5) is 28.0. The fourth-order valence-corrected chi connectivity index (χ4v) is 4.99. The third kappa shape index (κ3) is 8.46. The van der Waals surface area contributed by atoms with Gasteiger partial charge in [0, 0.05) is 77.6 Å². The first-order valence-electron chi connectivity index (χ1n) is 13.5. The van der Waals surface area contributed by atoms with Gasteiger partial charge in [0.2, 0.25) is 5.91 Å². The largest absolute Gasteiger partial charge is 0.493 e. The lowest BCUT2D eigenvalue weighted by Gasteiger charge is -2.32. The zero-order valence-corrected chi connectivity index (χ0v) is 22.5. The number of amides is 2. The molecule has 2 heterocycles. The highest BCUT2D eigenvalue weighted by Gasteiger charge is 2.32. The van der Waals surface area contributed by atoms with E-state index in [0.29, 0.717) is 50.1 Å². The summed E-state index contributed by atoms with van der Waals surface area (Å²) in [7, 11) is 1.68. The summed E-state index contributed by atoms with van der Waals surface area (Å²) in [6.07, 6.45) is 3.30. The quantitative estimate of drug-likeness (QED) is 0.402. The first kappa shape index (κ1) is 28.4. The Kier molecular flexibility index (Phi) is 11.5. The van der Waals surface area contributed by atoms with Gasteiger partial charge in [0.15, 0.2) is 0 Å². The van der Waals surface area contributed by atoms with Crippen LogP contribution in [0.2, 0.25) is 0 Å². The number of rotatable bonds is 13. The highest BCUT2D eigenvalue weighted by molar-refractivity contribution is 5.95. The molecular weight excluding hydrogens is 458 g/mol. The van der Waals surface area contributed by atoms with Crippen LogP contribution in [0.1, 0.15) is 55.5 Å². The topological polar surface area (TPSA) is 89.1 Å². The van der Waals surface area contributed by atoms with E-state index >= 15 is 0 Å². The lowest BCUT2D eigenvalue weighted by molar-refractivity contribution is -0.122. The summed E-state index contributed by atoms with van der Waals surface area (Å²) < 4.78 is 16.4. The molecule has 0 saturated carbocycles. The molecule has 0 bridgehead atoms. The molecule has 2 aliphatic rings. The summed E-state index contributed by atoms with van der Waals surface area (Å²) >= 11 is 0. The first-order valence-corrected chi connectivity index (χ1v) is 13.5. The van der Waals surface area contributed by atoms with Gasteiger partial charge in [-0.25, -0.2) is 0 Å². The molecule has 2 N–H and O–H groups in total. The van der Waals surface area contributed by atoms with E-state index in [4.69, 9.17) is 14.2 Å². The SMILES string of the molecule is COCCCOc1cc(C(=O)N(C[C@@H]2CNC[C@H]2CNC(=O)CC2CCOCC2)C(C)C)ccc1C. The molecule has 0 aliphatic carbocycles. The Morgan fingerprint density at radius 2 is 1.92 bits per heavy atom. The molecule has 2 atom stereocenters. The Labute approximate surface area is 216 Å². The van der Waals surface area contributed by atoms with E-state index in [1.807, 2.05) is 30.0 Å². The molecule has 0 spiro atoms. The Hall–Kier alpha value is -2.16. The van der Waals surface area contributed by atoms with Crippen molar-refractivity contribution in [1.82, 2.24) is 15.5 Å². The minimum absolute atomic E-state index is 0.0148. The summed E-state index contributed by atoms with van der Waals surface area (Å²) in [5.41, 5.74) is 1.65. The molecule has 2 aliphatic heterocycles. The predicted octanol–water partition coefficient (Wildman–Crippen LogP) is 3.03. The minimum Gasteiger partial charge on any atom is -0.493 e.